The Balaban J connectivity index is 2.01. The van der Waals surface area contributed by atoms with Crippen LogP contribution in [0, 0.1) is 11.8 Å². The van der Waals surface area contributed by atoms with Gasteiger partial charge in [0.05, 0.1) is 6.20 Å². The molecule has 4 nitrogen and oxygen atoms in total. The summed E-state index contributed by atoms with van der Waals surface area (Å²) in [6.07, 6.45) is 6.68. The number of piperazine rings is 1. The van der Waals surface area contributed by atoms with Crippen molar-refractivity contribution in [1.82, 2.24) is 20.0 Å². The topological polar surface area (TPSA) is 33.1 Å². The van der Waals surface area contributed by atoms with Gasteiger partial charge in [0.15, 0.2) is 0 Å². The molecule has 1 aliphatic rings. The Labute approximate surface area is 129 Å². The minimum Gasteiger partial charge on any atom is -0.311 e. The largest absolute Gasteiger partial charge is 0.311 e. The first-order valence-corrected chi connectivity index (χ1v) is 8.39. The van der Waals surface area contributed by atoms with E-state index in [1.54, 1.807) is 0 Å². The lowest BCUT2D eigenvalue weighted by Crippen LogP contribution is -2.56. The second-order valence-electron chi connectivity index (χ2n) is 7.47. The number of hydrogen-bond acceptors (Lipinski definition) is 3. The van der Waals surface area contributed by atoms with Crippen molar-refractivity contribution in [2.24, 2.45) is 18.9 Å². The summed E-state index contributed by atoms with van der Waals surface area (Å²) < 4.78 is 1.90. The number of aryl methyl sites for hydroxylation is 1. The van der Waals surface area contributed by atoms with Gasteiger partial charge < -0.3 is 5.32 Å². The van der Waals surface area contributed by atoms with E-state index in [4.69, 9.17) is 0 Å². The monoisotopic (exact) mass is 292 g/mol. The first kappa shape index (κ1) is 16.5. The van der Waals surface area contributed by atoms with Crippen LogP contribution in [0.25, 0.3) is 0 Å². The zero-order valence-electron chi connectivity index (χ0n) is 14.3. The van der Waals surface area contributed by atoms with Crippen LogP contribution in [0.5, 0.6) is 0 Å². The summed E-state index contributed by atoms with van der Waals surface area (Å²) in [5.74, 6) is 1.50. The van der Waals surface area contributed by atoms with E-state index in [0.717, 1.165) is 31.5 Å². The van der Waals surface area contributed by atoms with Crippen molar-refractivity contribution in [3.63, 3.8) is 0 Å². The van der Waals surface area contributed by atoms with Crippen molar-refractivity contribution in [3.8, 4) is 0 Å². The van der Waals surface area contributed by atoms with E-state index >= 15 is 0 Å². The third-order valence-electron chi connectivity index (χ3n) is 4.26. The molecule has 120 valence electrons. The highest BCUT2D eigenvalue weighted by atomic mass is 15.3. The summed E-state index contributed by atoms with van der Waals surface area (Å²) in [6.45, 7) is 12.6. The molecule has 0 amide bonds. The lowest BCUT2D eigenvalue weighted by Gasteiger charge is -2.41. The quantitative estimate of drug-likeness (QED) is 0.875. The van der Waals surface area contributed by atoms with E-state index in [0.29, 0.717) is 12.1 Å². The SMILES string of the molecule is CC(C)CC1CN(Cc2cnn(C)c2)C(CC(C)C)CN1. The zero-order valence-corrected chi connectivity index (χ0v) is 14.3. The fourth-order valence-corrected chi connectivity index (χ4v) is 3.41. The molecule has 1 N–H and O–H groups in total. The molecule has 0 radical (unpaired) electrons. The number of nitrogens with zero attached hydrogens (tertiary/aromatic N) is 3. The highest BCUT2D eigenvalue weighted by Gasteiger charge is 2.28. The first-order valence-electron chi connectivity index (χ1n) is 8.39. The van der Waals surface area contributed by atoms with Gasteiger partial charge in [-0.25, -0.2) is 0 Å². The highest BCUT2D eigenvalue weighted by molar-refractivity contribution is 5.04. The van der Waals surface area contributed by atoms with Crippen LogP contribution in [-0.4, -0.2) is 39.9 Å². The summed E-state index contributed by atoms with van der Waals surface area (Å²) in [4.78, 5) is 2.67. The smallest absolute Gasteiger partial charge is 0.0534 e. The lowest BCUT2D eigenvalue weighted by molar-refractivity contribution is 0.0997. The number of aromatic nitrogens is 2. The first-order chi connectivity index (χ1) is 9.94. The van der Waals surface area contributed by atoms with Crippen LogP contribution in [0.3, 0.4) is 0 Å². The maximum atomic E-state index is 4.31. The van der Waals surface area contributed by atoms with Crippen LogP contribution < -0.4 is 5.32 Å². The van der Waals surface area contributed by atoms with Crippen LogP contribution in [0.15, 0.2) is 12.4 Å². The van der Waals surface area contributed by atoms with Gasteiger partial charge in [0.1, 0.15) is 0 Å². The molecule has 1 aliphatic heterocycles. The Bertz CT molecular complexity index is 424. The second-order valence-corrected chi connectivity index (χ2v) is 7.47. The van der Waals surface area contributed by atoms with Gasteiger partial charge in [0.2, 0.25) is 0 Å². The Morgan fingerprint density at radius 3 is 2.52 bits per heavy atom. The molecule has 0 saturated carbocycles. The van der Waals surface area contributed by atoms with Gasteiger partial charge in [0, 0.05) is 50.5 Å². The van der Waals surface area contributed by atoms with Gasteiger partial charge in [-0.3, -0.25) is 9.58 Å². The van der Waals surface area contributed by atoms with E-state index in [2.05, 4.69) is 49.2 Å². The van der Waals surface area contributed by atoms with Gasteiger partial charge in [-0.2, -0.15) is 5.10 Å². The molecule has 1 aromatic heterocycles. The predicted octanol–water partition coefficient (Wildman–Crippen LogP) is 2.65. The Hall–Kier alpha value is -0.870. The molecule has 2 rings (SSSR count). The molecular weight excluding hydrogens is 260 g/mol. The van der Waals surface area contributed by atoms with Crippen molar-refractivity contribution in [3.05, 3.63) is 18.0 Å². The summed E-state index contributed by atoms with van der Waals surface area (Å²) in [5, 5.41) is 8.07. The fraction of sp³-hybridized carbons (Fsp3) is 0.824. The lowest BCUT2D eigenvalue weighted by atomic mass is 9.95. The summed E-state index contributed by atoms with van der Waals surface area (Å²) in [7, 11) is 1.99. The number of nitrogens with one attached hydrogen (secondary N) is 1. The maximum Gasteiger partial charge on any atom is 0.0534 e. The van der Waals surface area contributed by atoms with Gasteiger partial charge in [0.25, 0.3) is 0 Å². The van der Waals surface area contributed by atoms with E-state index < -0.39 is 0 Å². The molecule has 0 bridgehead atoms. The average Bonchev–Trinajstić information content (AvgIpc) is 2.77. The third-order valence-corrected chi connectivity index (χ3v) is 4.26. The van der Waals surface area contributed by atoms with E-state index in [1.807, 2.05) is 17.9 Å². The molecule has 2 atom stereocenters. The second kappa shape index (κ2) is 7.41. The molecule has 1 aromatic rings. The van der Waals surface area contributed by atoms with Crippen LogP contribution in [-0.2, 0) is 13.6 Å². The molecule has 1 fully saturated rings. The minimum atomic E-state index is 0.630. The van der Waals surface area contributed by atoms with Crippen molar-refractivity contribution >= 4 is 0 Å². The predicted molar refractivity (Wildman–Crippen MR) is 88.1 cm³/mol. The van der Waals surface area contributed by atoms with E-state index in [-0.39, 0.29) is 0 Å². The van der Waals surface area contributed by atoms with E-state index in [1.165, 1.54) is 18.4 Å². The Kier molecular flexibility index (Phi) is 5.82. The van der Waals surface area contributed by atoms with Crippen molar-refractivity contribution in [2.45, 2.75) is 59.2 Å². The minimum absolute atomic E-state index is 0.630. The standard InChI is InChI=1S/C17H32N4/c1-13(2)6-16-12-21(11-15-8-19-20(5)10-15)17(9-18-16)7-14(3)4/h8,10,13-14,16-18H,6-7,9,11-12H2,1-5H3. The van der Waals surface area contributed by atoms with Crippen LogP contribution in [0.4, 0.5) is 0 Å². The molecular formula is C17H32N4. The molecule has 0 spiro atoms. The normalized spacial score (nSPS) is 24.1. The number of rotatable bonds is 6. The molecule has 0 aromatic carbocycles. The van der Waals surface area contributed by atoms with Gasteiger partial charge >= 0.3 is 0 Å². The van der Waals surface area contributed by atoms with Gasteiger partial charge in [-0.1, -0.05) is 27.7 Å². The van der Waals surface area contributed by atoms with E-state index in [9.17, 15) is 0 Å². The molecule has 21 heavy (non-hydrogen) atoms. The molecule has 2 unspecified atom stereocenters. The number of hydrogen-bond donors (Lipinski definition) is 1. The Morgan fingerprint density at radius 1 is 1.24 bits per heavy atom. The van der Waals surface area contributed by atoms with Crippen molar-refractivity contribution in [2.75, 3.05) is 13.1 Å². The van der Waals surface area contributed by atoms with Crippen LogP contribution >= 0.6 is 0 Å². The summed E-state index contributed by atoms with van der Waals surface area (Å²) in [5.41, 5.74) is 1.33. The highest BCUT2D eigenvalue weighted by Crippen LogP contribution is 2.20. The maximum absolute atomic E-state index is 4.31. The molecule has 4 heteroatoms. The summed E-state index contributed by atoms with van der Waals surface area (Å²) in [6, 6.07) is 1.28. The summed E-state index contributed by atoms with van der Waals surface area (Å²) >= 11 is 0. The van der Waals surface area contributed by atoms with Crippen molar-refractivity contribution in [1.29, 1.82) is 0 Å². The third kappa shape index (κ3) is 5.11. The van der Waals surface area contributed by atoms with Crippen molar-refractivity contribution < 1.29 is 0 Å². The molecule has 1 saturated heterocycles. The zero-order chi connectivity index (χ0) is 15.4. The molecule has 2 heterocycles. The Morgan fingerprint density at radius 2 is 1.95 bits per heavy atom. The van der Waals surface area contributed by atoms with Gasteiger partial charge in [-0.15, -0.1) is 0 Å². The van der Waals surface area contributed by atoms with Crippen LogP contribution in [0.2, 0.25) is 0 Å². The fourth-order valence-electron chi connectivity index (χ4n) is 3.41. The molecule has 0 aliphatic carbocycles. The average molecular weight is 292 g/mol. The van der Waals surface area contributed by atoms with Crippen LogP contribution in [0.1, 0.15) is 46.1 Å². The van der Waals surface area contributed by atoms with Gasteiger partial charge in [-0.05, 0) is 24.7 Å².